The van der Waals surface area contributed by atoms with Crippen LogP contribution in [0.5, 0.6) is 5.75 Å². The number of aromatic nitrogens is 1. The maximum Gasteiger partial charge on any atom is 0.118 e. The number of methoxy groups -OCH3 is 1. The van der Waals surface area contributed by atoms with Gasteiger partial charge < -0.3 is 10.1 Å². The Balaban J connectivity index is 1.47. The van der Waals surface area contributed by atoms with Gasteiger partial charge >= 0.3 is 0 Å². The molecule has 1 heterocycles. The maximum absolute atomic E-state index is 5.20. The van der Waals surface area contributed by atoms with Gasteiger partial charge in [0.05, 0.1) is 12.8 Å². The molecular weight excluding hydrogens is 260 g/mol. The second-order valence-electron chi connectivity index (χ2n) is 5.79. The first kappa shape index (κ1) is 14.1. The first-order valence-electron chi connectivity index (χ1n) is 7.54. The standard InChI is InChI=1S/C18H22N2O/c1-13-4-3-5-16(20-13)12-19-17-10-15(11-17)14-6-8-18(21-2)9-7-14/h3-9,15,17,19H,10-12H2,1-2H3. The largest absolute Gasteiger partial charge is 0.497 e. The van der Waals surface area contributed by atoms with Crippen molar-refractivity contribution in [2.45, 2.75) is 38.3 Å². The molecule has 3 nitrogen and oxygen atoms in total. The molecule has 1 fully saturated rings. The molecular formula is C18H22N2O. The van der Waals surface area contributed by atoms with Crippen molar-refractivity contribution in [1.29, 1.82) is 0 Å². The smallest absolute Gasteiger partial charge is 0.118 e. The lowest BCUT2D eigenvalue weighted by Gasteiger charge is -2.36. The highest BCUT2D eigenvalue weighted by Crippen LogP contribution is 2.37. The van der Waals surface area contributed by atoms with Gasteiger partial charge in [-0.2, -0.15) is 0 Å². The molecule has 0 spiro atoms. The Labute approximate surface area is 126 Å². The van der Waals surface area contributed by atoms with E-state index in [9.17, 15) is 0 Å². The first-order chi connectivity index (χ1) is 10.2. The Kier molecular flexibility index (Phi) is 4.20. The van der Waals surface area contributed by atoms with Crippen molar-refractivity contribution in [2.75, 3.05) is 7.11 Å². The predicted octanol–water partition coefficient (Wildman–Crippen LogP) is 3.43. The SMILES string of the molecule is COc1ccc(C2CC(NCc3cccc(C)n3)C2)cc1. The van der Waals surface area contributed by atoms with Crippen molar-refractivity contribution in [3.05, 3.63) is 59.4 Å². The molecule has 0 atom stereocenters. The summed E-state index contributed by atoms with van der Waals surface area (Å²) >= 11 is 0. The molecule has 2 aromatic rings. The van der Waals surface area contributed by atoms with Gasteiger partial charge in [0.15, 0.2) is 0 Å². The molecule has 0 unspecified atom stereocenters. The van der Waals surface area contributed by atoms with Gasteiger partial charge in [0.1, 0.15) is 5.75 Å². The summed E-state index contributed by atoms with van der Waals surface area (Å²) in [6.07, 6.45) is 2.41. The Morgan fingerprint density at radius 3 is 2.57 bits per heavy atom. The highest BCUT2D eigenvalue weighted by molar-refractivity contribution is 5.31. The van der Waals surface area contributed by atoms with E-state index in [1.165, 1.54) is 18.4 Å². The Morgan fingerprint density at radius 1 is 1.14 bits per heavy atom. The van der Waals surface area contributed by atoms with Crippen LogP contribution in [0, 0.1) is 6.92 Å². The van der Waals surface area contributed by atoms with E-state index in [4.69, 9.17) is 4.74 Å². The van der Waals surface area contributed by atoms with Gasteiger partial charge in [-0.05, 0) is 55.5 Å². The monoisotopic (exact) mass is 282 g/mol. The van der Waals surface area contributed by atoms with Gasteiger partial charge in [-0.1, -0.05) is 18.2 Å². The molecule has 1 aromatic carbocycles. The average molecular weight is 282 g/mol. The number of benzene rings is 1. The summed E-state index contributed by atoms with van der Waals surface area (Å²) in [7, 11) is 1.71. The molecule has 21 heavy (non-hydrogen) atoms. The molecule has 0 amide bonds. The summed E-state index contributed by atoms with van der Waals surface area (Å²) in [5, 5.41) is 3.60. The van der Waals surface area contributed by atoms with Crippen molar-refractivity contribution in [3.63, 3.8) is 0 Å². The summed E-state index contributed by atoms with van der Waals surface area (Å²) in [6.45, 7) is 2.90. The van der Waals surface area contributed by atoms with Crippen molar-refractivity contribution in [2.24, 2.45) is 0 Å². The third-order valence-electron chi connectivity index (χ3n) is 4.24. The van der Waals surface area contributed by atoms with Crippen LogP contribution in [0.15, 0.2) is 42.5 Å². The molecule has 1 saturated carbocycles. The summed E-state index contributed by atoms with van der Waals surface area (Å²) < 4.78 is 5.20. The lowest BCUT2D eigenvalue weighted by atomic mass is 9.76. The van der Waals surface area contributed by atoms with Crippen LogP contribution in [0.1, 0.15) is 35.7 Å². The summed E-state index contributed by atoms with van der Waals surface area (Å²) in [5.74, 6) is 1.61. The summed E-state index contributed by atoms with van der Waals surface area (Å²) in [6, 6.07) is 15.3. The third kappa shape index (κ3) is 3.42. The lowest BCUT2D eigenvalue weighted by Crippen LogP contribution is -2.39. The van der Waals surface area contributed by atoms with Crippen LogP contribution in [-0.4, -0.2) is 18.1 Å². The fraction of sp³-hybridized carbons (Fsp3) is 0.389. The first-order valence-corrected chi connectivity index (χ1v) is 7.54. The van der Waals surface area contributed by atoms with E-state index in [1.807, 2.05) is 25.1 Å². The molecule has 0 aliphatic heterocycles. The van der Waals surface area contributed by atoms with Gasteiger partial charge in [0.2, 0.25) is 0 Å². The predicted molar refractivity (Wildman–Crippen MR) is 84.6 cm³/mol. The summed E-state index contributed by atoms with van der Waals surface area (Å²) in [4.78, 5) is 4.52. The minimum atomic E-state index is 0.611. The normalized spacial score (nSPS) is 20.9. The van der Waals surface area contributed by atoms with E-state index in [1.54, 1.807) is 7.11 Å². The van der Waals surface area contributed by atoms with Crippen LogP contribution in [0.3, 0.4) is 0 Å². The zero-order chi connectivity index (χ0) is 14.7. The van der Waals surface area contributed by atoms with Gasteiger partial charge in [-0.3, -0.25) is 4.98 Å². The minimum Gasteiger partial charge on any atom is -0.497 e. The highest BCUT2D eigenvalue weighted by atomic mass is 16.5. The molecule has 110 valence electrons. The van der Waals surface area contributed by atoms with Crippen molar-refractivity contribution in [1.82, 2.24) is 10.3 Å². The molecule has 1 aromatic heterocycles. The highest BCUT2D eigenvalue weighted by Gasteiger charge is 2.29. The molecule has 3 heteroatoms. The van der Waals surface area contributed by atoms with Crippen molar-refractivity contribution in [3.8, 4) is 5.75 Å². The van der Waals surface area contributed by atoms with Crippen LogP contribution in [0.2, 0.25) is 0 Å². The molecule has 1 aliphatic carbocycles. The fourth-order valence-electron chi connectivity index (χ4n) is 2.88. The number of hydrogen-bond donors (Lipinski definition) is 1. The average Bonchev–Trinajstić information content (AvgIpc) is 2.46. The van der Waals surface area contributed by atoms with Crippen LogP contribution in [0.4, 0.5) is 0 Å². The van der Waals surface area contributed by atoms with Crippen LogP contribution in [-0.2, 0) is 6.54 Å². The topological polar surface area (TPSA) is 34.1 Å². The zero-order valence-electron chi connectivity index (χ0n) is 12.7. The molecule has 3 rings (SSSR count). The second kappa shape index (κ2) is 6.27. The van der Waals surface area contributed by atoms with E-state index in [-0.39, 0.29) is 0 Å². The minimum absolute atomic E-state index is 0.611. The number of nitrogens with zero attached hydrogens (tertiary/aromatic N) is 1. The van der Waals surface area contributed by atoms with Crippen LogP contribution >= 0.6 is 0 Å². The van der Waals surface area contributed by atoms with E-state index in [0.29, 0.717) is 12.0 Å². The number of ether oxygens (including phenoxy) is 1. The number of rotatable bonds is 5. The number of hydrogen-bond acceptors (Lipinski definition) is 3. The van der Waals surface area contributed by atoms with Crippen molar-refractivity contribution >= 4 is 0 Å². The van der Waals surface area contributed by atoms with E-state index >= 15 is 0 Å². The van der Waals surface area contributed by atoms with Crippen LogP contribution < -0.4 is 10.1 Å². The van der Waals surface area contributed by atoms with Gasteiger partial charge in [0.25, 0.3) is 0 Å². The number of aryl methyl sites for hydroxylation is 1. The second-order valence-corrected chi connectivity index (χ2v) is 5.79. The quantitative estimate of drug-likeness (QED) is 0.912. The van der Waals surface area contributed by atoms with Crippen molar-refractivity contribution < 1.29 is 4.74 Å². The number of nitrogens with one attached hydrogen (secondary N) is 1. The van der Waals surface area contributed by atoms with E-state index in [2.05, 4.69) is 34.6 Å². The van der Waals surface area contributed by atoms with E-state index < -0.39 is 0 Å². The summed E-state index contributed by atoms with van der Waals surface area (Å²) in [5.41, 5.74) is 3.63. The van der Waals surface area contributed by atoms with Crippen LogP contribution in [0.25, 0.3) is 0 Å². The Hall–Kier alpha value is -1.87. The molecule has 0 radical (unpaired) electrons. The molecule has 1 N–H and O–H groups in total. The lowest BCUT2D eigenvalue weighted by molar-refractivity contribution is 0.288. The number of pyridine rings is 1. The fourth-order valence-corrected chi connectivity index (χ4v) is 2.88. The van der Waals surface area contributed by atoms with Gasteiger partial charge in [-0.25, -0.2) is 0 Å². The van der Waals surface area contributed by atoms with E-state index in [0.717, 1.165) is 23.7 Å². The Bertz CT molecular complexity index is 588. The maximum atomic E-state index is 5.20. The Morgan fingerprint density at radius 2 is 1.90 bits per heavy atom. The molecule has 1 aliphatic rings. The molecule has 0 bridgehead atoms. The molecule has 0 saturated heterocycles. The zero-order valence-corrected chi connectivity index (χ0v) is 12.7. The third-order valence-corrected chi connectivity index (χ3v) is 4.24. The van der Waals surface area contributed by atoms with Gasteiger partial charge in [0, 0.05) is 18.3 Å². The van der Waals surface area contributed by atoms with Gasteiger partial charge in [-0.15, -0.1) is 0 Å².